The van der Waals surface area contributed by atoms with E-state index in [0.717, 1.165) is 47.4 Å². The van der Waals surface area contributed by atoms with Crippen molar-refractivity contribution in [2.45, 2.75) is 40.2 Å². The summed E-state index contributed by atoms with van der Waals surface area (Å²) in [6.45, 7) is 12.6. The van der Waals surface area contributed by atoms with Crippen molar-refractivity contribution in [3.63, 3.8) is 0 Å². The Labute approximate surface area is 172 Å². The summed E-state index contributed by atoms with van der Waals surface area (Å²) in [6, 6.07) is 8.68. The average Bonchev–Trinajstić information content (AvgIpc) is 3.03. The topological polar surface area (TPSA) is 54.5 Å². The molecule has 5 nitrogen and oxygen atoms in total. The highest BCUT2D eigenvalue weighted by molar-refractivity contribution is 7.12. The number of thiazole rings is 1. The standard InChI is InChI=1S/C22H31N3O2S/c1-15(2)19(25-9-11-27-12-10-25)14-23-21(26)13-20-22(24-17(4)28-20)18-7-5-16(3)6-8-18/h5-8,15,19H,9-14H2,1-4H3,(H,23,26). The number of nitrogens with one attached hydrogen (secondary N) is 1. The first-order valence-electron chi connectivity index (χ1n) is 10.1. The molecule has 0 aliphatic carbocycles. The number of hydrogen-bond donors (Lipinski definition) is 1. The van der Waals surface area contributed by atoms with Gasteiger partial charge in [0.25, 0.3) is 0 Å². The fraction of sp³-hybridized carbons (Fsp3) is 0.545. The maximum absolute atomic E-state index is 12.7. The lowest BCUT2D eigenvalue weighted by molar-refractivity contribution is -0.120. The number of nitrogens with zero attached hydrogens (tertiary/aromatic N) is 2. The highest BCUT2D eigenvalue weighted by atomic mass is 32.1. The van der Waals surface area contributed by atoms with E-state index in [-0.39, 0.29) is 5.91 Å². The van der Waals surface area contributed by atoms with Gasteiger partial charge in [-0.25, -0.2) is 4.98 Å². The predicted molar refractivity (Wildman–Crippen MR) is 115 cm³/mol. The van der Waals surface area contributed by atoms with Crippen molar-refractivity contribution < 1.29 is 9.53 Å². The second-order valence-electron chi connectivity index (χ2n) is 7.81. The molecular weight excluding hydrogens is 370 g/mol. The van der Waals surface area contributed by atoms with Crippen molar-refractivity contribution >= 4 is 17.2 Å². The van der Waals surface area contributed by atoms with E-state index in [1.54, 1.807) is 11.3 Å². The quantitative estimate of drug-likeness (QED) is 0.772. The molecule has 152 valence electrons. The lowest BCUT2D eigenvalue weighted by atomic mass is 10.0. The van der Waals surface area contributed by atoms with Gasteiger partial charge in [-0.15, -0.1) is 11.3 Å². The van der Waals surface area contributed by atoms with Gasteiger partial charge < -0.3 is 10.1 Å². The smallest absolute Gasteiger partial charge is 0.225 e. The molecule has 1 aromatic heterocycles. The average molecular weight is 402 g/mol. The zero-order chi connectivity index (χ0) is 20.1. The summed E-state index contributed by atoms with van der Waals surface area (Å²) in [4.78, 5) is 20.8. The first kappa shape index (κ1) is 21.0. The van der Waals surface area contributed by atoms with Crippen molar-refractivity contribution in [2.75, 3.05) is 32.8 Å². The van der Waals surface area contributed by atoms with Gasteiger partial charge in [-0.05, 0) is 19.8 Å². The van der Waals surface area contributed by atoms with Crippen molar-refractivity contribution in [1.29, 1.82) is 0 Å². The summed E-state index contributed by atoms with van der Waals surface area (Å²) < 4.78 is 5.46. The van der Waals surface area contributed by atoms with Crippen LogP contribution in [0.5, 0.6) is 0 Å². The van der Waals surface area contributed by atoms with Gasteiger partial charge in [0.05, 0.1) is 30.3 Å². The maximum atomic E-state index is 12.7. The molecule has 1 unspecified atom stereocenters. The Morgan fingerprint density at radius 3 is 2.54 bits per heavy atom. The largest absolute Gasteiger partial charge is 0.379 e. The van der Waals surface area contributed by atoms with Gasteiger partial charge in [-0.2, -0.15) is 0 Å². The van der Waals surface area contributed by atoms with Crippen LogP contribution < -0.4 is 5.32 Å². The molecule has 6 heteroatoms. The van der Waals surface area contributed by atoms with Gasteiger partial charge in [-0.1, -0.05) is 43.7 Å². The summed E-state index contributed by atoms with van der Waals surface area (Å²) in [5.41, 5.74) is 3.23. The fourth-order valence-corrected chi connectivity index (χ4v) is 4.61. The number of aromatic nitrogens is 1. The molecule has 2 heterocycles. The van der Waals surface area contributed by atoms with Gasteiger partial charge in [0.2, 0.25) is 5.91 Å². The zero-order valence-corrected chi connectivity index (χ0v) is 18.1. The summed E-state index contributed by atoms with van der Waals surface area (Å²) in [5.74, 6) is 0.545. The van der Waals surface area contributed by atoms with Gasteiger partial charge in [-0.3, -0.25) is 9.69 Å². The molecule has 28 heavy (non-hydrogen) atoms. The fourth-order valence-electron chi connectivity index (χ4n) is 3.65. The van der Waals surface area contributed by atoms with Crippen LogP contribution in [-0.2, 0) is 16.0 Å². The van der Waals surface area contributed by atoms with Crippen molar-refractivity contribution in [3.8, 4) is 11.3 Å². The molecule has 0 radical (unpaired) electrons. The first-order chi connectivity index (χ1) is 13.4. The number of hydrogen-bond acceptors (Lipinski definition) is 5. The number of carbonyl (C=O) groups is 1. The number of amides is 1. The molecule has 1 fully saturated rings. The molecule has 1 aromatic carbocycles. The van der Waals surface area contributed by atoms with E-state index in [0.29, 0.717) is 24.9 Å². The van der Waals surface area contributed by atoms with Crippen LogP contribution in [0.3, 0.4) is 0 Å². The number of rotatable bonds is 7. The highest BCUT2D eigenvalue weighted by Crippen LogP contribution is 2.28. The molecule has 1 saturated heterocycles. The number of carbonyl (C=O) groups excluding carboxylic acids is 1. The second-order valence-corrected chi connectivity index (χ2v) is 9.10. The number of morpholine rings is 1. The van der Waals surface area contributed by atoms with E-state index in [9.17, 15) is 4.79 Å². The molecule has 1 N–H and O–H groups in total. The van der Waals surface area contributed by atoms with Crippen LogP contribution in [0.15, 0.2) is 24.3 Å². The van der Waals surface area contributed by atoms with E-state index in [2.05, 4.69) is 60.2 Å². The van der Waals surface area contributed by atoms with Gasteiger partial charge in [0.15, 0.2) is 0 Å². The van der Waals surface area contributed by atoms with Gasteiger partial charge >= 0.3 is 0 Å². The normalized spacial score (nSPS) is 16.3. The van der Waals surface area contributed by atoms with E-state index >= 15 is 0 Å². The van der Waals surface area contributed by atoms with Crippen molar-refractivity contribution in [2.24, 2.45) is 5.92 Å². The third-order valence-electron chi connectivity index (χ3n) is 5.24. The summed E-state index contributed by atoms with van der Waals surface area (Å²) >= 11 is 1.61. The molecule has 1 amide bonds. The third-order valence-corrected chi connectivity index (χ3v) is 6.21. The summed E-state index contributed by atoms with van der Waals surface area (Å²) in [7, 11) is 0. The minimum atomic E-state index is 0.0657. The molecule has 2 aromatic rings. The Balaban J connectivity index is 1.63. The Morgan fingerprint density at radius 1 is 1.21 bits per heavy atom. The van der Waals surface area contributed by atoms with E-state index < -0.39 is 0 Å². The van der Waals surface area contributed by atoms with Crippen molar-refractivity contribution in [1.82, 2.24) is 15.2 Å². The maximum Gasteiger partial charge on any atom is 0.225 e. The van der Waals surface area contributed by atoms with Crippen LogP contribution in [0.4, 0.5) is 0 Å². The van der Waals surface area contributed by atoms with Gasteiger partial charge in [0, 0.05) is 36.1 Å². The van der Waals surface area contributed by atoms with E-state index in [1.165, 1.54) is 5.56 Å². The molecule has 1 aliphatic rings. The van der Waals surface area contributed by atoms with Crippen LogP contribution in [0.25, 0.3) is 11.3 Å². The molecule has 1 atom stereocenters. The summed E-state index contributed by atoms with van der Waals surface area (Å²) in [6.07, 6.45) is 0.378. The number of benzene rings is 1. The molecule has 0 spiro atoms. The molecule has 3 rings (SSSR count). The highest BCUT2D eigenvalue weighted by Gasteiger charge is 2.24. The molecule has 0 bridgehead atoms. The van der Waals surface area contributed by atoms with Crippen LogP contribution in [0.1, 0.15) is 29.3 Å². The van der Waals surface area contributed by atoms with Crippen LogP contribution in [0.2, 0.25) is 0 Å². The Bertz CT molecular complexity index is 780. The third kappa shape index (κ3) is 5.40. The second kappa shape index (κ2) is 9.63. The van der Waals surface area contributed by atoms with E-state index in [1.807, 2.05) is 6.92 Å². The van der Waals surface area contributed by atoms with Gasteiger partial charge in [0.1, 0.15) is 0 Å². The zero-order valence-electron chi connectivity index (χ0n) is 17.3. The molecule has 1 aliphatic heterocycles. The van der Waals surface area contributed by atoms with Crippen LogP contribution in [0, 0.1) is 19.8 Å². The van der Waals surface area contributed by atoms with E-state index in [4.69, 9.17) is 4.74 Å². The number of ether oxygens (including phenoxy) is 1. The van der Waals surface area contributed by atoms with Crippen molar-refractivity contribution in [3.05, 3.63) is 39.7 Å². The molecule has 0 saturated carbocycles. The monoisotopic (exact) mass is 401 g/mol. The minimum absolute atomic E-state index is 0.0657. The SMILES string of the molecule is Cc1ccc(-c2nc(C)sc2CC(=O)NCC(C(C)C)N2CCOCC2)cc1. The number of aryl methyl sites for hydroxylation is 2. The predicted octanol–water partition coefficient (Wildman–Crippen LogP) is 3.44. The Hall–Kier alpha value is -1.76. The lowest BCUT2D eigenvalue weighted by Gasteiger charge is -2.36. The minimum Gasteiger partial charge on any atom is -0.379 e. The van der Waals surface area contributed by atoms with Crippen LogP contribution >= 0.6 is 11.3 Å². The first-order valence-corrected chi connectivity index (χ1v) is 10.9. The lowest BCUT2D eigenvalue weighted by Crippen LogP contribution is -2.51. The molecular formula is C22H31N3O2S. The van der Waals surface area contributed by atoms with Crippen LogP contribution in [-0.4, -0.2) is 54.7 Å². The Kier molecular flexibility index (Phi) is 7.21. The Morgan fingerprint density at radius 2 is 1.89 bits per heavy atom. The summed E-state index contributed by atoms with van der Waals surface area (Å²) in [5, 5.41) is 4.16.